The predicted molar refractivity (Wildman–Crippen MR) is 316 cm³/mol. The Labute approximate surface area is 439 Å². The molecular formula is C69H41N5OS. The molecule has 0 radical (unpaired) electrons. The van der Waals surface area contributed by atoms with Crippen LogP contribution in [0, 0.1) is 0 Å². The molecule has 0 saturated heterocycles. The maximum absolute atomic E-state index is 6.88. The lowest BCUT2D eigenvalue weighted by atomic mass is 9.93. The minimum absolute atomic E-state index is 0.599. The Bertz CT molecular complexity index is 4920. The highest BCUT2D eigenvalue weighted by Crippen LogP contribution is 2.47. The van der Waals surface area contributed by atoms with Crippen molar-refractivity contribution < 1.29 is 4.42 Å². The first kappa shape index (κ1) is 42.5. The lowest BCUT2D eigenvalue weighted by Gasteiger charge is -2.14. The van der Waals surface area contributed by atoms with Crippen molar-refractivity contribution in [3.05, 3.63) is 249 Å². The zero-order valence-electron chi connectivity index (χ0n) is 40.7. The molecule has 0 amide bonds. The predicted octanol–water partition coefficient (Wildman–Crippen LogP) is 18.7. The fraction of sp³-hybridized carbons (Fsp3) is 0. The van der Waals surface area contributed by atoms with Gasteiger partial charge in [-0.2, -0.15) is 0 Å². The molecule has 5 heterocycles. The summed E-state index contributed by atoms with van der Waals surface area (Å²) in [7, 11) is 0. The molecule has 0 atom stereocenters. The fourth-order valence-electron chi connectivity index (χ4n) is 11.7. The minimum atomic E-state index is 0.599. The molecule has 0 unspecified atom stereocenters. The third kappa shape index (κ3) is 6.56. The van der Waals surface area contributed by atoms with Crippen molar-refractivity contribution in [1.29, 1.82) is 0 Å². The van der Waals surface area contributed by atoms with Gasteiger partial charge in [0.15, 0.2) is 17.5 Å². The molecule has 0 N–H and O–H groups in total. The summed E-state index contributed by atoms with van der Waals surface area (Å²) in [6, 6.07) is 88.4. The van der Waals surface area contributed by atoms with Crippen LogP contribution < -0.4 is 0 Å². The van der Waals surface area contributed by atoms with Gasteiger partial charge in [-0.15, -0.1) is 11.3 Å². The van der Waals surface area contributed by atoms with E-state index in [1.165, 1.54) is 42.0 Å². The molecule has 354 valence electrons. The van der Waals surface area contributed by atoms with Crippen molar-refractivity contribution in [1.82, 2.24) is 24.1 Å². The van der Waals surface area contributed by atoms with E-state index in [2.05, 4.69) is 221 Å². The maximum atomic E-state index is 6.88. The molecule has 6 nitrogen and oxygen atoms in total. The van der Waals surface area contributed by atoms with E-state index in [1.807, 2.05) is 47.7 Å². The van der Waals surface area contributed by atoms with Gasteiger partial charge in [0.2, 0.25) is 0 Å². The van der Waals surface area contributed by atoms with E-state index >= 15 is 0 Å². The van der Waals surface area contributed by atoms with Crippen LogP contribution in [0.4, 0.5) is 0 Å². The Hall–Kier alpha value is -9.95. The molecule has 16 rings (SSSR count). The Morgan fingerprint density at radius 1 is 0.316 bits per heavy atom. The second-order valence-electron chi connectivity index (χ2n) is 19.5. The normalized spacial score (nSPS) is 11.9. The van der Waals surface area contributed by atoms with Crippen molar-refractivity contribution in [2.24, 2.45) is 0 Å². The number of hydrogen-bond donors (Lipinski definition) is 0. The number of thiophene rings is 1. The van der Waals surface area contributed by atoms with E-state index in [-0.39, 0.29) is 0 Å². The van der Waals surface area contributed by atoms with Crippen LogP contribution in [-0.4, -0.2) is 24.1 Å². The van der Waals surface area contributed by atoms with Crippen molar-refractivity contribution in [2.75, 3.05) is 0 Å². The summed E-state index contributed by atoms with van der Waals surface area (Å²) in [6.45, 7) is 0. The van der Waals surface area contributed by atoms with Crippen molar-refractivity contribution >= 4 is 97.1 Å². The van der Waals surface area contributed by atoms with Crippen LogP contribution in [0.25, 0.3) is 154 Å². The van der Waals surface area contributed by atoms with Crippen molar-refractivity contribution in [3.63, 3.8) is 0 Å². The number of hydrogen-bond acceptors (Lipinski definition) is 5. The zero-order chi connectivity index (χ0) is 49.8. The molecule has 0 fully saturated rings. The van der Waals surface area contributed by atoms with Crippen LogP contribution in [0.2, 0.25) is 0 Å². The van der Waals surface area contributed by atoms with Crippen LogP contribution in [0.5, 0.6) is 0 Å². The number of rotatable bonds is 7. The molecule has 5 aromatic heterocycles. The third-order valence-corrected chi connectivity index (χ3v) is 16.4. The molecule has 0 aliphatic carbocycles. The number of nitrogens with zero attached hydrogens (tertiary/aromatic N) is 5. The van der Waals surface area contributed by atoms with Crippen molar-refractivity contribution in [2.45, 2.75) is 0 Å². The molecule has 7 heteroatoms. The first-order valence-electron chi connectivity index (χ1n) is 25.6. The van der Waals surface area contributed by atoms with Gasteiger partial charge >= 0.3 is 0 Å². The van der Waals surface area contributed by atoms with Gasteiger partial charge in [0.05, 0.1) is 27.5 Å². The Kier molecular flexibility index (Phi) is 9.40. The summed E-state index contributed by atoms with van der Waals surface area (Å²) in [5.41, 5.74) is 15.6. The van der Waals surface area contributed by atoms with Gasteiger partial charge in [-0.3, -0.25) is 0 Å². The van der Waals surface area contributed by atoms with E-state index < -0.39 is 0 Å². The largest absolute Gasteiger partial charge is 0.455 e. The molecule has 0 aliphatic heterocycles. The van der Waals surface area contributed by atoms with Crippen LogP contribution in [0.3, 0.4) is 0 Å². The molecule has 11 aromatic carbocycles. The van der Waals surface area contributed by atoms with Crippen LogP contribution in [0.15, 0.2) is 253 Å². The van der Waals surface area contributed by atoms with E-state index in [4.69, 9.17) is 19.4 Å². The number of benzene rings is 11. The molecule has 0 aliphatic rings. The molecule has 0 saturated carbocycles. The van der Waals surface area contributed by atoms with E-state index in [9.17, 15) is 0 Å². The maximum Gasteiger partial charge on any atom is 0.164 e. The van der Waals surface area contributed by atoms with Gasteiger partial charge < -0.3 is 13.6 Å². The highest BCUT2D eigenvalue weighted by atomic mass is 32.1. The SMILES string of the molecule is c1ccc(-c2nc(-c3ccccc3)nc(-c3cc(-c4ccc5oc6c(ccc7c6c6ccccc6n7-c6ccccc6)c5c4)ccc3-c3ccc4sc5c(ccc6c5c5ccccc5n6-c5ccccc5)c4c3)n2)cc1. The van der Waals surface area contributed by atoms with Gasteiger partial charge in [-0.25, -0.2) is 15.0 Å². The molecule has 0 spiro atoms. The summed E-state index contributed by atoms with van der Waals surface area (Å²) < 4.78 is 14.1. The van der Waals surface area contributed by atoms with Gasteiger partial charge in [0.1, 0.15) is 11.2 Å². The number of furan rings is 1. The standard InChI is InChI=1S/C69H41N5OS/c1-5-17-42(18-6-1)67-70-68(43-19-7-2-8-20-43)72-69(71-67)56-40-44(45-30-37-61-54(39-45)50-33-35-59-63(65(50)75-61)52-25-13-15-27-57(52)73(59)47-21-9-3-10-22-47)29-32-49(56)46-31-38-62-55(41-46)51-34-36-60-64(66(51)76-62)53-26-14-16-28-58(53)74(60)48-23-11-4-12-24-48/h1-41H. The summed E-state index contributed by atoms with van der Waals surface area (Å²) in [5, 5.41) is 9.39. The average molecular weight is 988 g/mol. The number of fused-ring (bicyclic) bond motifs is 14. The molecule has 76 heavy (non-hydrogen) atoms. The highest BCUT2D eigenvalue weighted by Gasteiger charge is 2.23. The Morgan fingerprint density at radius 2 is 0.829 bits per heavy atom. The highest BCUT2D eigenvalue weighted by molar-refractivity contribution is 7.26. The zero-order valence-corrected chi connectivity index (χ0v) is 41.5. The van der Waals surface area contributed by atoms with E-state index in [0.29, 0.717) is 17.5 Å². The van der Waals surface area contributed by atoms with Gasteiger partial charge in [0, 0.05) is 75.2 Å². The second kappa shape index (κ2) is 16.8. The third-order valence-electron chi connectivity index (χ3n) is 15.2. The topological polar surface area (TPSA) is 61.7 Å². The molecular weight excluding hydrogens is 947 g/mol. The van der Waals surface area contributed by atoms with Gasteiger partial charge in [-0.1, -0.05) is 164 Å². The van der Waals surface area contributed by atoms with E-state index in [0.717, 1.165) is 94.1 Å². The summed E-state index contributed by atoms with van der Waals surface area (Å²) in [5.74, 6) is 1.83. The molecule has 16 aromatic rings. The lowest BCUT2D eigenvalue weighted by molar-refractivity contribution is 0.673. The van der Waals surface area contributed by atoms with Crippen LogP contribution in [0.1, 0.15) is 0 Å². The van der Waals surface area contributed by atoms with E-state index in [1.54, 1.807) is 0 Å². The molecule has 0 bridgehead atoms. The van der Waals surface area contributed by atoms with Gasteiger partial charge in [0.25, 0.3) is 0 Å². The smallest absolute Gasteiger partial charge is 0.164 e. The number of para-hydroxylation sites is 4. The van der Waals surface area contributed by atoms with Crippen LogP contribution >= 0.6 is 11.3 Å². The van der Waals surface area contributed by atoms with Gasteiger partial charge in [-0.05, 0) is 107 Å². The Balaban J connectivity index is 0.901. The first-order chi connectivity index (χ1) is 37.7. The Morgan fingerprint density at radius 3 is 1.49 bits per heavy atom. The second-order valence-corrected chi connectivity index (χ2v) is 20.5. The fourth-order valence-corrected chi connectivity index (χ4v) is 13.0. The summed E-state index contributed by atoms with van der Waals surface area (Å²) >= 11 is 1.87. The quantitative estimate of drug-likeness (QED) is 0.160. The number of aromatic nitrogens is 5. The average Bonchev–Trinajstić information content (AvgIpc) is 4.30. The summed E-state index contributed by atoms with van der Waals surface area (Å²) in [6.07, 6.45) is 0. The van der Waals surface area contributed by atoms with Crippen LogP contribution in [-0.2, 0) is 0 Å². The minimum Gasteiger partial charge on any atom is -0.455 e. The first-order valence-corrected chi connectivity index (χ1v) is 26.4. The lowest BCUT2D eigenvalue weighted by Crippen LogP contribution is -2.01. The monoisotopic (exact) mass is 987 g/mol. The van der Waals surface area contributed by atoms with Crippen molar-refractivity contribution in [3.8, 4) is 67.8 Å². The summed E-state index contributed by atoms with van der Waals surface area (Å²) in [4.78, 5) is 15.8.